The number of alkyl halides is 3. The molecule has 0 bridgehead atoms. The van der Waals surface area contributed by atoms with Gasteiger partial charge in [-0.1, -0.05) is 0 Å². The molecule has 1 aromatic carbocycles. The standard InChI is InChI=1S/C17H14F3N3O/c18-17(19,20)13-3-6-16(22-10-13)24-15-7-8-23(11-15)14-4-1-12(9-21)2-5-14/h1-6,10,15H,7-8,11H2. The van der Waals surface area contributed by atoms with Gasteiger partial charge in [0.2, 0.25) is 5.88 Å². The van der Waals surface area contributed by atoms with Gasteiger partial charge < -0.3 is 9.64 Å². The molecule has 0 spiro atoms. The Morgan fingerprint density at radius 1 is 1.17 bits per heavy atom. The fourth-order valence-corrected chi connectivity index (χ4v) is 2.59. The predicted molar refractivity (Wildman–Crippen MR) is 81.6 cm³/mol. The smallest absolute Gasteiger partial charge is 0.417 e. The van der Waals surface area contributed by atoms with Crippen molar-refractivity contribution in [3.63, 3.8) is 0 Å². The molecule has 2 heterocycles. The third kappa shape index (κ3) is 3.59. The molecule has 0 radical (unpaired) electrons. The maximum Gasteiger partial charge on any atom is 0.417 e. The van der Waals surface area contributed by atoms with Gasteiger partial charge in [0.05, 0.1) is 23.7 Å². The number of halogens is 3. The van der Waals surface area contributed by atoms with E-state index in [2.05, 4.69) is 16.0 Å². The van der Waals surface area contributed by atoms with Crippen molar-refractivity contribution >= 4 is 5.69 Å². The van der Waals surface area contributed by atoms with E-state index in [1.807, 2.05) is 12.1 Å². The van der Waals surface area contributed by atoms with Crippen LogP contribution in [0.4, 0.5) is 18.9 Å². The van der Waals surface area contributed by atoms with Gasteiger partial charge in [-0.3, -0.25) is 0 Å². The van der Waals surface area contributed by atoms with E-state index in [9.17, 15) is 13.2 Å². The zero-order valence-electron chi connectivity index (χ0n) is 12.6. The first-order valence-corrected chi connectivity index (χ1v) is 7.41. The first kappa shape index (κ1) is 16.1. The normalized spacial score (nSPS) is 17.6. The van der Waals surface area contributed by atoms with Crippen LogP contribution in [0.25, 0.3) is 0 Å². The highest BCUT2D eigenvalue weighted by Gasteiger charge is 2.31. The van der Waals surface area contributed by atoms with Gasteiger partial charge >= 0.3 is 6.18 Å². The largest absolute Gasteiger partial charge is 0.472 e. The molecular formula is C17H14F3N3O. The number of hydrogen-bond acceptors (Lipinski definition) is 4. The van der Waals surface area contributed by atoms with Crippen molar-refractivity contribution in [2.24, 2.45) is 0 Å². The Balaban J connectivity index is 1.60. The quantitative estimate of drug-likeness (QED) is 0.861. The minimum absolute atomic E-state index is 0.134. The molecule has 1 saturated heterocycles. The zero-order chi connectivity index (χ0) is 17.2. The summed E-state index contributed by atoms with van der Waals surface area (Å²) >= 11 is 0. The SMILES string of the molecule is N#Cc1ccc(N2CCC(Oc3ccc(C(F)(F)F)cn3)C2)cc1. The molecule has 2 aromatic rings. The number of anilines is 1. The topological polar surface area (TPSA) is 49.2 Å². The molecule has 24 heavy (non-hydrogen) atoms. The number of nitriles is 1. The fourth-order valence-electron chi connectivity index (χ4n) is 2.59. The highest BCUT2D eigenvalue weighted by atomic mass is 19.4. The highest BCUT2D eigenvalue weighted by Crippen LogP contribution is 2.30. The van der Waals surface area contributed by atoms with E-state index in [1.54, 1.807) is 12.1 Å². The molecule has 1 unspecified atom stereocenters. The van der Waals surface area contributed by atoms with Crippen LogP contribution in [0.2, 0.25) is 0 Å². The van der Waals surface area contributed by atoms with Crippen LogP contribution < -0.4 is 9.64 Å². The minimum atomic E-state index is -4.40. The van der Waals surface area contributed by atoms with Gasteiger partial charge in [0.1, 0.15) is 6.10 Å². The second-order valence-electron chi connectivity index (χ2n) is 5.52. The van der Waals surface area contributed by atoms with Crippen molar-refractivity contribution in [3.05, 3.63) is 53.7 Å². The third-order valence-corrected chi connectivity index (χ3v) is 3.86. The number of nitrogens with zero attached hydrogens (tertiary/aromatic N) is 3. The van der Waals surface area contributed by atoms with Gasteiger partial charge in [-0.15, -0.1) is 0 Å². The van der Waals surface area contributed by atoms with E-state index in [0.29, 0.717) is 12.1 Å². The van der Waals surface area contributed by atoms with Crippen LogP contribution in [0.15, 0.2) is 42.6 Å². The van der Waals surface area contributed by atoms with E-state index in [-0.39, 0.29) is 12.0 Å². The molecule has 1 fully saturated rings. The summed E-state index contributed by atoms with van der Waals surface area (Å²) in [6, 6.07) is 11.5. The minimum Gasteiger partial charge on any atom is -0.472 e. The van der Waals surface area contributed by atoms with Gasteiger partial charge in [0.25, 0.3) is 0 Å². The average Bonchev–Trinajstić information content (AvgIpc) is 3.03. The predicted octanol–water partition coefficient (Wildman–Crippen LogP) is 3.63. The third-order valence-electron chi connectivity index (χ3n) is 3.86. The lowest BCUT2D eigenvalue weighted by atomic mass is 10.2. The van der Waals surface area contributed by atoms with Crippen molar-refractivity contribution in [1.82, 2.24) is 4.98 Å². The van der Waals surface area contributed by atoms with E-state index in [0.717, 1.165) is 30.9 Å². The van der Waals surface area contributed by atoms with Crippen molar-refractivity contribution in [3.8, 4) is 11.9 Å². The van der Waals surface area contributed by atoms with Gasteiger partial charge in [0.15, 0.2) is 0 Å². The molecule has 0 amide bonds. The summed E-state index contributed by atoms with van der Waals surface area (Å²) in [6.45, 7) is 1.39. The lowest BCUT2D eigenvalue weighted by molar-refractivity contribution is -0.137. The fraction of sp³-hybridized carbons (Fsp3) is 0.294. The summed E-state index contributed by atoms with van der Waals surface area (Å²) in [6.07, 6.45) is -3.00. The Morgan fingerprint density at radius 2 is 1.92 bits per heavy atom. The number of benzene rings is 1. The number of pyridine rings is 1. The van der Waals surface area contributed by atoms with Crippen LogP contribution in [0.3, 0.4) is 0 Å². The Bertz CT molecular complexity index is 736. The van der Waals surface area contributed by atoms with Crippen molar-refractivity contribution in [2.75, 3.05) is 18.0 Å². The van der Waals surface area contributed by atoms with Crippen LogP contribution in [-0.4, -0.2) is 24.2 Å². The summed E-state index contributed by atoms with van der Waals surface area (Å²) < 4.78 is 43.2. The molecule has 0 N–H and O–H groups in total. The van der Waals surface area contributed by atoms with E-state index in [4.69, 9.17) is 10.00 Å². The summed E-state index contributed by atoms with van der Waals surface area (Å²) in [4.78, 5) is 5.84. The average molecular weight is 333 g/mol. The lowest BCUT2D eigenvalue weighted by Gasteiger charge is -2.19. The Hall–Kier alpha value is -2.75. The Kier molecular flexibility index (Phi) is 4.30. The second kappa shape index (κ2) is 6.40. The molecule has 124 valence electrons. The summed E-state index contributed by atoms with van der Waals surface area (Å²) in [5.41, 5.74) is 0.792. The summed E-state index contributed by atoms with van der Waals surface area (Å²) in [5.74, 6) is 0.190. The summed E-state index contributed by atoms with van der Waals surface area (Å²) in [7, 11) is 0. The number of hydrogen-bond donors (Lipinski definition) is 0. The molecule has 7 heteroatoms. The molecule has 0 aliphatic carbocycles. The van der Waals surface area contributed by atoms with Gasteiger partial charge in [0, 0.05) is 30.9 Å². The molecule has 3 rings (SSSR count). The van der Waals surface area contributed by atoms with E-state index < -0.39 is 11.7 Å². The van der Waals surface area contributed by atoms with Crippen molar-refractivity contribution in [2.45, 2.75) is 18.7 Å². The Labute approximate surface area is 137 Å². The maximum absolute atomic E-state index is 12.5. The number of aromatic nitrogens is 1. The lowest BCUT2D eigenvalue weighted by Crippen LogP contribution is -2.24. The van der Waals surface area contributed by atoms with Gasteiger partial charge in [-0.05, 0) is 30.3 Å². The van der Waals surface area contributed by atoms with Gasteiger partial charge in [-0.2, -0.15) is 18.4 Å². The Morgan fingerprint density at radius 3 is 2.50 bits per heavy atom. The first-order valence-electron chi connectivity index (χ1n) is 7.41. The van der Waals surface area contributed by atoms with E-state index >= 15 is 0 Å². The first-order chi connectivity index (χ1) is 11.5. The van der Waals surface area contributed by atoms with Crippen molar-refractivity contribution in [1.29, 1.82) is 5.26 Å². The molecule has 1 aliphatic heterocycles. The second-order valence-corrected chi connectivity index (χ2v) is 5.52. The molecular weight excluding hydrogens is 319 g/mol. The van der Waals surface area contributed by atoms with Crippen molar-refractivity contribution < 1.29 is 17.9 Å². The number of ether oxygens (including phenoxy) is 1. The highest BCUT2D eigenvalue weighted by molar-refractivity contribution is 5.50. The van der Waals surface area contributed by atoms with Crippen LogP contribution in [0, 0.1) is 11.3 Å². The maximum atomic E-state index is 12.5. The van der Waals surface area contributed by atoms with E-state index in [1.165, 1.54) is 6.07 Å². The zero-order valence-corrected chi connectivity index (χ0v) is 12.6. The van der Waals surface area contributed by atoms with Crippen LogP contribution in [0.1, 0.15) is 17.5 Å². The van der Waals surface area contributed by atoms with Crippen LogP contribution in [-0.2, 0) is 6.18 Å². The molecule has 1 aromatic heterocycles. The molecule has 4 nitrogen and oxygen atoms in total. The van der Waals surface area contributed by atoms with Crippen LogP contribution in [0.5, 0.6) is 5.88 Å². The monoisotopic (exact) mass is 333 g/mol. The summed E-state index contributed by atoms with van der Waals surface area (Å²) in [5, 5.41) is 8.81. The molecule has 0 saturated carbocycles. The number of rotatable bonds is 3. The molecule has 1 aliphatic rings. The van der Waals surface area contributed by atoms with Gasteiger partial charge in [-0.25, -0.2) is 4.98 Å². The molecule has 1 atom stereocenters. The van der Waals surface area contributed by atoms with Crippen LogP contribution >= 0.6 is 0 Å².